The molecule has 1 atom stereocenters. The van der Waals surface area contributed by atoms with Gasteiger partial charge in [-0.1, -0.05) is 0 Å². The number of hydrogen-bond donors (Lipinski definition) is 2. The zero-order valence-electron chi connectivity index (χ0n) is 8.53. The van der Waals surface area contributed by atoms with Gasteiger partial charge in [-0.25, -0.2) is 0 Å². The van der Waals surface area contributed by atoms with Crippen molar-refractivity contribution in [1.29, 1.82) is 0 Å². The van der Waals surface area contributed by atoms with Crippen LogP contribution in [-0.2, 0) is 4.79 Å². The van der Waals surface area contributed by atoms with Gasteiger partial charge in [0.05, 0.1) is 8.79 Å². The summed E-state index contributed by atoms with van der Waals surface area (Å²) in [7, 11) is 3.53. The molecule has 1 unspecified atom stereocenters. The largest absolute Gasteiger partial charge is 0.480 e. The topological polar surface area (TPSA) is 52.6 Å². The number of thiophene rings is 1. The number of aliphatic carboxylic acids is 1. The maximum absolute atomic E-state index is 10.8. The molecule has 15 heavy (non-hydrogen) atoms. The quantitative estimate of drug-likeness (QED) is 0.866. The molecule has 0 radical (unpaired) electrons. The summed E-state index contributed by atoms with van der Waals surface area (Å²) >= 11 is 4.95. The van der Waals surface area contributed by atoms with Gasteiger partial charge in [-0.3, -0.25) is 4.79 Å². The molecule has 0 aliphatic rings. The van der Waals surface area contributed by atoms with Crippen LogP contribution in [0.3, 0.4) is 0 Å². The van der Waals surface area contributed by atoms with Crippen molar-refractivity contribution in [2.24, 2.45) is 0 Å². The molecule has 0 aliphatic carbocycles. The number of likely N-dealkylation sites (N-methyl/N-ethyl adjacent to an activating group) is 2. The smallest absolute Gasteiger partial charge is 0.322 e. The van der Waals surface area contributed by atoms with E-state index < -0.39 is 12.0 Å². The molecule has 0 aromatic carbocycles. The van der Waals surface area contributed by atoms with Crippen molar-refractivity contribution in [3.63, 3.8) is 0 Å². The summed E-state index contributed by atoms with van der Waals surface area (Å²) in [4.78, 5) is 12.7. The fourth-order valence-corrected chi connectivity index (χ4v) is 2.50. The van der Waals surface area contributed by atoms with Crippen LogP contribution in [0.25, 0.3) is 0 Å². The van der Waals surface area contributed by atoms with E-state index in [4.69, 9.17) is 5.11 Å². The highest BCUT2D eigenvalue weighted by Crippen LogP contribution is 2.29. The van der Waals surface area contributed by atoms with Crippen molar-refractivity contribution in [1.82, 2.24) is 5.32 Å². The highest BCUT2D eigenvalue weighted by atomic mass is 79.9. The molecule has 84 valence electrons. The van der Waals surface area contributed by atoms with Crippen LogP contribution in [0.5, 0.6) is 0 Å². The lowest BCUT2D eigenvalue weighted by atomic mass is 10.3. The molecule has 0 saturated carbocycles. The molecule has 0 aliphatic heterocycles. The van der Waals surface area contributed by atoms with Crippen molar-refractivity contribution in [3.05, 3.63) is 15.9 Å². The van der Waals surface area contributed by atoms with Crippen molar-refractivity contribution in [2.75, 3.05) is 25.5 Å². The number of carboxylic acids is 1. The first-order valence-corrected chi connectivity index (χ1v) is 6.02. The van der Waals surface area contributed by atoms with E-state index in [0.717, 1.165) is 8.79 Å². The van der Waals surface area contributed by atoms with Gasteiger partial charge in [0.25, 0.3) is 0 Å². The molecular weight excluding hydrogens is 280 g/mol. The minimum absolute atomic E-state index is 0.443. The maximum Gasteiger partial charge on any atom is 0.322 e. The Morgan fingerprint density at radius 1 is 1.73 bits per heavy atom. The van der Waals surface area contributed by atoms with E-state index >= 15 is 0 Å². The van der Waals surface area contributed by atoms with Gasteiger partial charge in [0.1, 0.15) is 6.04 Å². The van der Waals surface area contributed by atoms with Crippen LogP contribution in [0.4, 0.5) is 5.00 Å². The van der Waals surface area contributed by atoms with E-state index in [1.54, 1.807) is 18.4 Å². The molecule has 4 nitrogen and oxygen atoms in total. The van der Waals surface area contributed by atoms with Crippen molar-refractivity contribution < 1.29 is 9.90 Å². The Labute approximate surface area is 101 Å². The highest BCUT2D eigenvalue weighted by Gasteiger charge is 2.17. The van der Waals surface area contributed by atoms with Crippen LogP contribution in [0.2, 0.25) is 0 Å². The van der Waals surface area contributed by atoms with E-state index in [1.807, 2.05) is 24.1 Å². The Morgan fingerprint density at radius 2 is 2.40 bits per heavy atom. The molecule has 0 amide bonds. The summed E-state index contributed by atoms with van der Waals surface area (Å²) in [6, 6.07) is 3.37. The van der Waals surface area contributed by atoms with Gasteiger partial charge >= 0.3 is 5.97 Å². The molecule has 1 aromatic heterocycles. The normalized spacial score (nSPS) is 12.5. The third-order valence-electron chi connectivity index (χ3n) is 2.04. The fourth-order valence-electron chi connectivity index (χ4n) is 1.17. The first-order valence-electron chi connectivity index (χ1n) is 4.41. The summed E-state index contributed by atoms with van der Waals surface area (Å²) in [5, 5.41) is 12.7. The highest BCUT2D eigenvalue weighted by molar-refractivity contribution is 9.11. The second-order valence-electron chi connectivity index (χ2n) is 3.14. The van der Waals surface area contributed by atoms with Crippen molar-refractivity contribution >= 4 is 38.2 Å². The van der Waals surface area contributed by atoms with Gasteiger partial charge in [0.2, 0.25) is 0 Å². The summed E-state index contributed by atoms with van der Waals surface area (Å²) in [5.41, 5.74) is 0. The lowest BCUT2D eigenvalue weighted by Crippen LogP contribution is -2.43. The molecule has 2 N–H and O–H groups in total. The Kier molecular flexibility index (Phi) is 4.56. The third kappa shape index (κ3) is 3.48. The Morgan fingerprint density at radius 3 is 2.80 bits per heavy atom. The van der Waals surface area contributed by atoms with Crippen LogP contribution >= 0.6 is 27.3 Å². The number of anilines is 1. The Hall–Kier alpha value is -0.590. The number of carbonyl (C=O) groups is 1. The number of nitrogens with one attached hydrogen (secondary N) is 1. The standard InChI is InChI=1S/C9H13BrN2O2S/c1-11-6(9(13)14)5-12(2)8-4-3-7(10)15-8/h3-4,6,11H,5H2,1-2H3,(H,13,14). The van der Waals surface area contributed by atoms with E-state index in [9.17, 15) is 4.79 Å². The van der Waals surface area contributed by atoms with Gasteiger partial charge < -0.3 is 15.3 Å². The Bertz CT molecular complexity index is 343. The number of nitrogens with zero attached hydrogens (tertiary/aromatic N) is 1. The molecular formula is C9H13BrN2O2S. The van der Waals surface area contributed by atoms with Crippen LogP contribution in [0.1, 0.15) is 0 Å². The van der Waals surface area contributed by atoms with Gasteiger partial charge in [0, 0.05) is 13.6 Å². The number of hydrogen-bond acceptors (Lipinski definition) is 4. The molecule has 0 fully saturated rings. The van der Waals surface area contributed by atoms with Crippen molar-refractivity contribution in [3.8, 4) is 0 Å². The maximum atomic E-state index is 10.8. The molecule has 0 spiro atoms. The van der Waals surface area contributed by atoms with Crippen LogP contribution in [0.15, 0.2) is 15.9 Å². The Balaban J connectivity index is 2.62. The number of carboxylic acid groups (broad SMARTS) is 1. The molecule has 1 rings (SSSR count). The number of rotatable bonds is 5. The molecule has 6 heteroatoms. The lowest BCUT2D eigenvalue weighted by molar-refractivity contribution is -0.139. The van der Waals surface area contributed by atoms with E-state index in [0.29, 0.717) is 6.54 Å². The van der Waals surface area contributed by atoms with E-state index in [1.165, 1.54) is 0 Å². The van der Waals surface area contributed by atoms with Crippen molar-refractivity contribution in [2.45, 2.75) is 6.04 Å². The number of halogens is 1. The third-order valence-corrected chi connectivity index (χ3v) is 3.78. The van der Waals surface area contributed by atoms with Crippen LogP contribution in [-0.4, -0.2) is 37.8 Å². The monoisotopic (exact) mass is 292 g/mol. The average Bonchev–Trinajstić information content (AvgIpc) is 2.60. The molecule has 1 heterocycles. The SMILES string of the molecule is CNC(CN(C)c1ccc(Br)s1)C(=O)O. The van der Waals surface area contributed by atoms with Crippen LogP contribution in [0, 0.1) is 0 Å². The first-order chi connectivity index (χ1) is 7.04. The lowest BCUT2D eigenvalue weighted by Gasteiger charge is -2.21. The summed E-state index contributed by atoms with van der Waals surface area (Å²) < 4.78 is 1.04. The van der Waals surface area contributed by atoms with Gasteiger partial charge in [-0.05, 0) is 35.1 Å². The van der Waals surface area contributed by atoms with Crippen LogP contribution < -0.4 is 10.2 Å². The van der Waals surface area contributed by atoms with E-state index in [2.05, 4.69) is 21.2 Å². The molecule has 0 saturated heterocycles. The minimum atomic E-state index is -0.833. The van der Waals surface area contributed by atoms with E-state index in [-0.39, 0.29) is 0 Å². The second kappa shape index (κ2) is 5.48. The summed E-state index contributed by atoms with van der Waals surface area (Å²) in [5.74, 6) is -0.833. The second-order valence-corrected chi connectivity index (χ2v) is 5.58. The molecule has 0 bridgehead atoms. The zero-order valence-corrected chi connectivity index (χ0v) is 10.9. The summed E-state index contributed by atoms with van der Waals surface area (Å²) in [6.07, 6.45) is 0. The first kappa shape index (κ1) is 12.5. The van der Waals surface area contributed by atoms with Gasteiger partial charge in [0.15, 0.2) is 0 Å². The zero-order chi connectivity index (χ0) is 11.4. The van der Waals surface area contributed by atoms with Gasteiger partial charge in [-0.15, -0.1) is 11.3 Å². The average molecular weight is 293 g/mol. The fraction of sp³-hybridized carbons (Fsp3) is 0.444. The predicted molar refractivity (Wildman–Crippen MR) is 65.8 cm³/mol. The summed E-state index contributed by atoms with van der Waals surface area (Å²) in [6.45, 7) is 0.443. The molecule has 1 aromatic rings. The minimum Gasteiger partial charge on any atom is -0.480 e. The van der Waals surface area contributed by atoms with Gasteiger partial charge in [-0.2, -0.15) is 0 Å². The predicted octanol–water partition coefficient (Wildman–Crippen LogP) is 1.62.